The van der Waals surface area contributed by atoms with Crippen molar-refractivity contribution in [3.63, 3.8) is 0 Å². The van der Waals surface area contributed by atoms with Crippen LogP contribution in [0.4, 0.5) is 5.82 Å². The Balaban J connectivity index is 1.51. The number of H-pyrrole nitrogens is 1. The predicted molar refractivity (Wildman–Crippen MR) is 132 cm³/mol. The molecule has 2 aliphatic heterocycles. The van der Waals surface area contributed by atoms with E-state index in [4.69, 9.17) is 4.74 Å². The molecule has 2 aromatic heterocycles. The maximum atomic E-state index is 12.0. The van der Waals surface area contributed by atoms with Crippen LogP contribution in [0.1, 0.15) is 17.5 Å². The van der Waals surface area contributed by atoms with Gasteiger partial charge in [0.2, 0.25) is 5.91 Å². The number of ether oxygens (including phenoxy) is 1. The van der Waals surface area contributed by atoms with E-state index in [1.165, 1.54) is 22.8 Å². The fourth-order valence-electron chi connectivity index (χ4n) is 5.26. The van der Waals surface area contributed by atoms with E-state index in [1.807, 2.05) is 11.1 Å². The van der Waals surface area contributed by atoms with Gasteiger partial charge in [0.25, 0.3) is 0 Å². The van der Waals surface area contributed by atoms with Gasteiger partial charge in [0.15, 0.2) is 0 Å². The van der Waals surface area contributed by atoms with Crippen LogP contribution in [-0.4, -0.2) is 63.8 Å². The standard InChI is InChI=1S/C26H26N6O2/c1-3-22(33)31-8-10-32(11-9-31)26-24-21(27-15-28-26)13-18(17-5-4-12-34-25(17)24)23-16(2)6-7-20-19(23)14-29-30-20/h3,6-7,13-15H,1,4-5,8-12H2,2H3,(H,29,30). The van der Waals surface area contributed by atoms with Crippen molar-refractivity contribution in [1.29, 1.82) is 0 Å². The summed E-state index contributed by atoms with van der Waals surface area (Å²) >= 11 is 0. The molecular weight excluding hydrogens is 428 g/mol. The summed E-state index contributed by atoms with van der Waals surface area (Å²) in [6.45, 7) is 9.11. The fourth-order valence-corrected chi connectivity index (χ4v) is 5.26. The van der Waals surface area contributed by atoms with Gasteiger partial charge in [-0.1, -0.05) is 12.6 Å². The number of benzene rings is 2. The topological polar surface area (TPSA) is 87.2 Å². The van der Waals surface area contributed by atoms with Crippen molar-refractivity contribution in [2.75, 3.05) is 37.7 Å². The molecule has 8 heteroatoms. The molecular formula is C26H26N6O2. The minimum Gasteiger partial charge on any atom is -0.492 e. The zero-order valence-electron chi connectivity index (χ0n) is 19.2. The number of nitrogens with one attached hydrogen (secondary N) is 1. The third-order valence-corrected chi connectivity index (χ3v) is 6.95. The summed E-state index contributed by atoms with van der Waals surface area (Å²) in [4.78, 5) is 25.4. The largest absolute Gasteiger partial charge is 0.492 e. The zero-order chi connectivity index (χ0) is 23.2. The number of aryl methyl sites for hydroxylation is 1. The number of amides is 1. The molecule has 2 aromatic carbocycles. The third kappa shape index (κ3) is 3.21. The summed E-state index contributed by atoms with van der Waals surface area (Å²) in [5.41, 5.74) is 6.60. The third-order valence-electron chi connectivity index (χ3n) is 6.95. The SMILES string of the molecule is C=CC(=O)N1CCN(c2ncnc3cc(-c4c(C)ccc5[nH]ncc45)c4c(c23)OCCC4)CC1. The number of aromatic nitrogens is 4. The number of carbonyl (C=O) groups is 1. The number of rotatable bonds is 3. The van der Waals surface area contributed by atoms with E-state index >= 15 is 0 Å². The molecule has 0 atom stereocenters. The van der Waals surface area contributed by atoms with Crippen molar-refractivity contribution in [2.45, 2.75) is 19.8 Å². The first kappa shape index (κ1) is 20.7. The van der Waals surface area contributed by atoms with Crippen LogP contribution in [0.2, 0.25) is 0 Å². The van der Waals surface area contributed by atoms with Gasteiger partial charge in [-0.25, -0.2) is 9.97 Å². The van der Waals surface area contributed by atoms with Crippen LogP contribution in [0.5, 0.6) is 5.75 Å². The summed E-state index contributed by atoms with van der Waals surface area (Å²) in [5, 5.41) is 9.44. The number of carbonyl (C=O) groups excluding carboxylic acids is 1. The van der Waals surface area contributed by atoms with Crippen LogP contribution >= 0.6 is 0 Å². The molecule has 0 radical (unpaired) electrons. The van der Waals surface area contributed by atoms with Crippen LogP contribution < -0.4 is 9.64 Å². The molecule has 6 rings (SSSR count). The molecule has 34 heavy (non-hydrogen) atoms. The Morgan fingerprint density at radius 2 is 2.06 bits per heavy atom. The second-order valence-electron chi connectivity index (χ2n) is 8.88. The van der Waals surface area contributed by atoms with Crippen LogP contribution in [0.3, 0.4) is 0 Å². The lowest BCUT2D eigenvalue weighted by Gasteiger charge is -2.35. The zero-order valence-corrected chi connectivity index (χ0v) is 19.2. The van der Waals surface area contributed by atoms with Gasteiger partial charge in [-0.3, -0.25) is 9.89 Å². The molecule has 0 saturated carbocycles. The molecule has 1 N–H and O–H groups in total. The predicted octanol–water partition coefficient (Wildman–Crippen LogP) is 3.64. The van der Waals surface area contributed by atoms with E-state index in [9.17, 15) is 4.79 Å². The Morgan fingerprint density at radius 1 is 1.21 bits per heavy atom. The van der Waals surface area contributed by atoms with E-state index in [1.54, 1.807) is 6.33 Å². The van der Waals surface area contributed by atoms with Crippen molar-refractivity contribution in [1.82, 2.24) is 25.1 Å². The second-order valence-corrected chi connectivity index (χ2v) is 8.88. The Labute approximate surface area is 197 Å². The molecule has 172 valence electrons. The molecule has 1 fully saturated rings. The molecule has 1 saturated heterocycles. The average molecular weight is 455 g/mol. The summed E-state index contributed by atoms with van der Waals surface area (Å²) in [5.74, 6) is 1.74. The average Bonchev–Trinajstić information content (AvgIpc) is 3.36. The summed E-state index contributed by atoms with van der Waals surface area (Å²) in [7, 11) is 0. The molecule has 0 aliphatic carbocycles. The minimum atomic E-state index is -0.0265. The highest BCUT2D eigenvalue weighted by molar-refractivity contribution is 6.04. The highest BCUT2D eigenvalue weighted by atomic mass is 16.5. The van der Waals surface area contributed by atoms with E-state index in [0.29, 0.717) is 32.8 Å². The van der Waals surface area contributed by atoms with E-state index in [-0.39, 0.29) is 5.91 Å². The molecule has 0 bridgehead atoms. The Bertz CT molecular complexity index is 1430. The van der Waals surface area contributed by atoms with Gasteiger partial charge in [0.1, 0.15) is 17.9 Å². The number of piperazine rings is 1. The van der Waals surface area contributed by atoms with Gasteiger partial charge in [-0.2, -0.15) is 5.10 Å². The van der Waals surface area contributed by atoms with Crippen LogP contribution in [0.25, 0.3) is 32.9 Å². The first-order chi connectivity index (χ1) is 16.7. The van der Waals surface area contributed by atoms with Gasteiger partial charge >= 0.3 is 0 Å². The lowest BCUT2D eigenvalue weighted by atomic mass is 9.88. The summed E-state index contributed by atoms with van der Waals surface area (Å²) in [6, 6.07) is 6.38. The normalized spacial score (nSPS) is 15.9. The number of anilines is 1. The quantitative estimate of drug-likeness (QED) is 0.476. The Hall–Kier alpha value is -3.94. The maximum Gasteiger partial charge on any atom is 0.246 e. The van der Waals surface area contributed by atoms with E-state index < -0.39 is 0 Å². The van der Waals surface area contributed by atoms with Crippen LogP contribution in [0, 0.1) is 6.92 Å². The summed E-state index contributed by atoms with van der Waals surface area (Å²) in [6.07, 6.45) is 6.81. The van der Waals surface area contributed by atoms with Crippen LogP contribution in [0.15, 0.2) is 43.4 Å². The summed E-state index contributed by atoms with van der Waals surface area (Å²) < 4.78 is 6.33. The second kappa shape index (κ2) is 8.13. The van der Waals surface area contributed by atoms with Gasteiger partial charge < -0.3 is 14.5 Å². The Morgan fingerprint density at radius 3 is 2.88 bits per heavy atom. The van der Waals surface area contributed by atoms with Gasteiger partial charge in [-0.05, 0) is 54.7 Å². The minimum absolute atomic E-state index is 0.0265. The fraction of sp³-hybridized carbons (Fsp3) is 0.308. The Kier molecular flexibility index (Phi) is 4.94. The van der Waals surface area contributed by atoms with Crippen molar-refractivity contribution in [2.24, 2.45) is 0 Å². The number of nitrogens with zero attached hydrogens (tertiary/aromatic N) is 5. The maximum absolute atomic E-state index is 12.0. The highest BCUT2D eigenvalue weighted by Crippen LogP contribution is 2.45. The van der Waals surface area contributed by atoms with Crippen molar-refractivity contribution < 1.29 is 9.53 Å². The molecule has 4 aromatic rings. The van der Waals surface area contributed by atoms with Gasteiger partial charge in [-0.15, -0.1) is 0 Å². The van der Waals surface area contributed by atoms with Gasteiger partial charge in [0.05, 0.1) is 29.2 Å². The number of fused-ring (bicyclic) bond motifs is 4. The lowest BCUT2D eigenvalue weighted by molar-refractivity contribution is -0.126. The number of hydrogen-bond donors (Lipinski definition) is 1. The van der Waals surface area contributed by atoms with Crippen molar-refractivity contribution >= 4 is 33.5 Å². The number of hydrogen-bond acceptors (Lipinski definition) is 6. The first-order valence-corrected chi connectivity index (χ1v) is 11.7. The van der Waals surface area contributed by atoms with Crippen LogP contribution in [-0.2, 0) is 11.2 Å². The molecule has 1 amide bonds. The molecule has 8 nitrogen and oxygen atoms in total. The lowest BCUT2D eigenvalue weighted by Crippen LogP contribution is -2.48. The highest BCUT2D eigenvalue weighted by Gasteiger charge is 2.28. The smallest absolute Gasteiger partial charge is 0.246 e. The first-order valence-electron chi connectivity index (χ1n) is 11.7. The molecule has 4 heterocycles. The van der Waals surface area contributed by atoms with E-state index in [0.717, 1.165) is 51.8 Å². The number of aromatic amines is 1. The van der Waals surface area contributed by atoms with E-state index in [2.05, 4.69) is 56.8 Å². The monoisotopic (exact) mass is 454 g/mol. The van der Waals surface area contributed by atoms with Crippen molar-refractivity contribution in [3.8, 4) is 16.9 Å². The molecule has 0 spiro atoms. The van der Waals surface area contributed by atoms with Crippen molar-refractivity contribution in [3.05, 3.63) is 54.5 Å². The molecule has 0 unspecified atom stereocenters. The van der Waals surface area contributed by atoms with Gasteiger partial charge in [0, 0.05) is 37.1 Å². The molecule has 2 aliphatic rings.